The first-order valence-electron chi connectivity index (χ1n) is 7.02. The van der Waals surface area contributed by atoms with Crippen LogP contribution in [0.25, 0.3) is 0 Å². The van der Waals surface area contributed by atoms with E-state index in [1.807, 2.05) is 0 Å². The van der Waals surface area contributed by atoms with Crippen LogP contribution in [0.5, 0.6) is 0 Å². The number of hydrogen-bond donors (Lipinski definition) is 0. The molecule has 0 aromatic carbocycles. The summed E-state index contributed by atoms with van der Waals surface area (Å²) >= 11 is 7.53. The van der Waals surface area contributed by atoms with Gasteiger partial charge in [-0.15, -0.1) is 22.9 Å². The Bertz CT molecular complexity index is 381. The minimum absolute atomic E-state index is 0.381. The average molecular weight is 303 g/mol. The minimum atomic E-state index is 0.381. The van der Waals surface area contributed by atoms with Crippen LogP contribution in [0.2, 0.25) is 0 Å². The Labute approximate surface area is 124 Å². The van der Waals surface area contributed by atoms with Gasteiger partial charge in [0.25, 0.3) is 0 Å². The zero-order valence-corrected chi connectivity index (χ0v) is 13.3. The van der Waals surface area contributed by atoms with Gasteiger partial charge in [-0.2, -0.15) is 0 Å². The molecule has 2 rings (SSSR count). The van der Waals surface area contributed by atoms with Crippen molar-refractivity contribution in [2.45, 2.75) is 38.1 Å². The second-order valence-corrected chi connectivity index (χ2v) is 6.39. The van der Waals surface area contributed by atoms with E-state index in [0.717, 1.165) is 37.8 Å². The first-order chi connectivity index (χ1) is 9.24. The van der Waals surface area contributed by atoms with Crippen molar-refractivity contribution in [3.63, 3.8) is 0 Å². The Morgan fingerprint density at radius 1 is 1.58 bits per heavy atom. The van der Waals surface area contributed by atoms with Crippen LogP contribution in [0.1, 0.15) is 42.9 Å². The fraction of sp³-hybridized carbons (Fsp3) is 0.786. The zero-order chi connectivity index (χ0) is 13.7. The first kappa shape index (κ1) is 15.2. The van der Waals surface area contributed by atoms with Crippen LogP contribution in [0, 0.1) is 5.92 Å². The molecule has 0 radical (unpaired) electrons. The highest BCUT2D eigenvalue weighted by atomic mass is 35.5. The number of likely N-dealkylation sites (N-methyl/N-ethyl adjacent to an activating group) is 1. The maximum Gasteiger partial charge on any atom is 0.110 e. The summed E-state index contributed by atoms with van der Waals surface area (Å²) in [6.07, 6.45) is 3.77. The molecule has 1 aromatic rings. The molecule has 1 aliphatic carbocycles. The minimum Gasteiger partial charge on any atom is -0.380 e. The van der Waals surface area contributed by atoms with Crippen molar-refractivity contribution in [1.29, 1.82) is 0 Å². The van der Waals surface area contributed by atoms with Gasteiger partial charge in [0.05, 0.1) is 24.2 Å². The van der Waals surface area contributed by atoms with E-state index in [4.69, 9.17) is 16.3 Å². The van der Waals surface area contributed by atoms with E-state index < -0.39 is 0 Å². The third kappa shape index (κ3) is 4.71. The lowest BCUT2D eigenvalue weighted by molar-refractivity contribution is 0.0904. The summed E-state index contributed by atoms with van der Waals surface area (Å²) < 4.78 is 5.71. The molecule has 1 atom stereocenters. The van der Waals surface area contributed by atoms with Crippen molar-refractivity contribution in [3.05, 3.63) is 16.1 Å². The maximum absolute atomic E-state index is 5.82. The number of nitrogens with zero attached hydrogens (tertiary/aromatic N) is 2. The quantitative estimate of drug-likeness (QED) is 0.514. The summed E-state index contributed by atoms with van der Waals surface area (Å²) in [6.45, 7) is 4.92. The van der Waals surface area contributed by atoms with E-state index in [1.165, 1.54) is 17.8 Å². The third-order valence-corrected chi connectivity index (χ3v) is 4.82. The number of hydrogen-bond acceptors (Lipinski definition) is 4. The standard InChI is InChI=1S/C14H23ClN2OS/c1-3-13(14-16-12(8-15)10-19-14)17(2)6-7-18-9-11-4-5-11/h10-11,13H,3-9H2,1-2H3. The summed E-state index contributed by atoms with van der Waals surface area (Å²) in [7, 11) is 2.15. The average Bonchev–Trinajstić information content (AvgIpc) is 3.12. The summed E-state index contributed by atoms with van der Waals surface area (Å²) in [4.78, 5) is 6.93. The number of halogens is 1. The van der Waals surface area contributed by atoms with Gasteiger partial charge < -0.3 is 4.74 Å². The molecule has 0 bridgehead atoms. The van der Waals surface area contributed by atoms with Gasteiger partial charge in [-0.25, -0.2) is 4.98 Å². The summed E-state index contributed by atoms with van der Waals surface area (Å²) in [5.74, 6) is 1.35. The molecule has 0 aliphatic heterocycles. The lowest BCUT2D eigenvalue weighted by Crippen LogP contribution is -2.28. The van der Waals surface area contributed by atoms with Crippen LogP contribution < -0.4 is 0 Å². The Morgan fingerprint density at radius 2 is 2.37 bits per heavy atom. The normalized spacial score (nSPS) is 17.1. The molecule has 0 spiro atoms. The van der Waals surface area contributed by atoms with Crippen molar-refractivity contribution in [2.75, 3.05) is 26.8 Å². The Morgan fingerprint density at radius 3 is 2.95 bits per heavy atom. The molecule has 0 N–H and O–H groups in total. The molecule has 19 heavy (non-hydrogen) atoms. The van der Waals surface area contributed by atoms with Gasteiger partial charge in [0.1, 0.15) is 5.01 Å². The van der Waals surface area contributed by atoms with Crippen molar-refractivity contribution in [2.24, 2.45) is 5.92 Å². The molecule has 0 saturated heterocycles. The Balaban J connectivity index is 1.77. The molecule has 1 fully saturated rings. The molecular formula is C14H23ClN2OS. The van der Waals surface area contributed by atoms with Crippen LogP contribution in [0.4, 0.5) is 0 Å². The van der Waals surface area contributed by atoms with E-state index in [0.29, 0.717) is 11.9 Å². The van der Waals surface area contributed by atoms with Crippen molar-refractivity contribution in [3.8, 4) is 0 Å². The lowest BCUT2D eigenvalue weighted by Gasteiger charge is -2.25. The van der Waals surface area contributed by atoms with Gasteiger partial charge in [0.15, 0.2) is 0 Å². The monoisotopic (exact) mass is 302 g/mol. The van der Waals surface area contributed by atoms with E-state index in [-0.39, 0.29) is 0 Å². The second-order valence-electron chi connectivity index (χ2n) is 5.23. The van der Waals surface area contributed by atoms with Gasteiger partial charge in [-0.05, 0) is 32.2 Å². The fourth-order valence-electron chi connectivity index (χ4n) is 2.11. The van der Waals surface area contributed by atoms with E-state index in [1.54, 1.807) is 11.3 Å². The molecule has 1 aromatic heterocycles. The molecule has 0 amide bonds. The van der Waals surface area contributed by atoms with E-state index in [9.17, 15) is 0 Å². The Kier molecular flexibility index (Phi) is 6.07. The number of alkyl halides is 1. The van der Waals surface area contributed by atoms with Crippen LogP contribution in [0.15, 0.2) is 5.38 Å². The van der Waals surface area contributed by atoms with Gasteiger partial charge in [0.2, 0.25) is 0 Å². The molecule has 1 saturated carbocycles. The third-order valence-electron chi connectivity index (χ3n) is 3.55. The Hall–Kier alpha value is -0.160. The second kappa shape index (κ2) is 7.58. The number of rotatable bonds is 9. The highest BCUT2D eigenvalue weighted by molar-refractivity contribution is 7.09. The molecule has 5 heteroatoms. The topological polar surface area (TPSA) is 25.4 Å². The molecular weight excluding hydrogens is 280 g/mol. The molecule has 1 unspecified atom stereocenters. The van der Waals surface area contributed by atoms with Crippen molar-refractivity contribution >= 4 is 22.9 Å². The SMILES string of the molecule is CCC(c1nc(CCl)cs1)N(C)CCOCC1CC1. The highest BCUT2D eigenvalue weighted by Crippen LogP contribution is 2.29. The van der Waals surface area contributed by atoms with Crippen LogP contribution >= 0.6 is 22.9 Å². The zero-order valence-electron chi connectivity index (χ0n) is 11.8. The molecule has 3 nitrogen and oxygen atoms in total. The van der Waals surface area contributed by atoms with Crippen molar-refractivity contribution in [1.82, 2.24) is 9.88 Å². The predicted molar refractivity (Wildman–Crippen MR) is 80.9 cm³/mol. The largest absolute Gasteiger partial charge is 0.380 e. The first-order valence-corrected chi connectivity index (χ1v) is 8.44. The highest BCUT2D eigenvalue weighted by Gasteiger charge is 2.22. The van der Waals surface area contributed by atoms with Gasteiger partial charge in [0, 0.05) is 18.5 Å². The summed E-state index contributed by atoms with van der Waals surface area (Å²) in [5, 5.41) is 3.23. The maximum atomic E-state index is 5.82. The number of ether oxygens (including phenoxy) is 1. The fourth-order valence-corrected chi connectivity index (χ4v) is 3.41. The van der Waals surface area contributed by atoms with E-state index in [2.05, 4.69) is 29.2 Å². The lowest BCUT2D eigenvalue weighted by atomic mass is 10.2. The number of aromatic nitrogens is 1. The molecule has 1 heterocycles. The van der Waals surface area contributed by atoms with E-state index >= 15 is 0 Å². The van der Waals surface area contributed by atoms with Crippen LogP contribution in [0.3, 0.4) is 0 Å². The van der Waals surface area contributed by atoms with Crippen LogP contribution in [-0.2, 0) is 10.6 Å². The van der Waals surface area contributed by atoms with Crippen LogP contribution in [-0.4, -0.2) is 36.7 Å². The smallest absolute Gasteiger partial charge is 0.110 e. The molecule has 108 valence electrons. The van der Waals surface area contributed by atoms with Gasteiger partial charge >= 0.3 is 0 Å². The summed E-state index contributed by atoms with van der Waals surface area (Å²) in [5.41, 5.74) is 0.985. The number of thiazole rings is 1. The predicted octanol–water partition coefficient (Wildman–Crippen LogP) is 3.69. The van der Waals surface area contributed by atoms with Crippen molar-refractivity contribution < 1.29 is 4.74 Å². The summed E-state index contributed by atoms with van der Waals surface area (Å²) in [6, 6.07) is 0.381. The van der Waals surface area contributed by atoms with Gasteiger partial charge in [-0.1, -0.05) is 6.92 Å². The molecule has 1 aliphatic rings. The van der Waals surface area contributed by atoms with Gasteiger partial charge in [-0.3, -0.25) is 4.90 Å².